The zero-order valence-corrected chi connectivity index (χ0v) is 14.3. The van der Waals surface area contributed by atoms with Crippen molar-refractivity contribution in [2.75, 3.05) is 0 Å². The van der Waals surface area contributed by atoms with Crippen LogP contribution in [0.15, 0.2) is 42.5 Å². The summed E-state index contributed by atoms with van der Waals surface area (Å²) in [4.78, 5) is 24.4. The molecule has 1 amide bonds. The molecule has 0 saturated carbocycles. The predicted molar refractivity (Wildman–Crippen MR) is 91.5 cm³/mol. The second-order valence-electron chi connectivity index (χ2n) is 6.32. The minimum absolute atomic E-state index is 0.142. The van der Waals surface area contributed by atoms with Crippen molar-refractivity contribution < 1.29 is 23.1 Å². The van der Waals surface area contributed by atoms with E-state index in [-0.39, 0.29) is 6.04 Å². The first kappa shape index (κ1) is 18.0. The van der Waals surface area contributed by atoms with Crippen molar-refractivity contribution >= 4 is 11.9 Å². The average molecular weight is 359 g/mol. The van der Waals surface area contributed by atoms with Gasteiger partial charge in [-0.25, -0.2) is 13.6 Å². The first-order valence-corrected chi connectivity index (χ1v) is 8.50. The monoisotopic (exact) mass is 359 g/mol. The van der Waals surface area contributed by atoms with Gasteiger partial charge in [-0.1, -0.05) is 24.3 Å². The van der Waals surface area contributed by atoms with E-state index in [1.54, 1.807) is 0 Å². The highest BCUT2D eigenvalue weighted by Crippen LogP contribution is 2.29. The number of halogens is 2. The fraction of sp³-hybridized carbons (Fsp3) is 0.300. The lowest BCUT2D eigenvalue weighted by Crippen LogP contribution is -2.39. The summed E-state index contributed by atoms with van der Waals surface area (Å²) in [5.41, 5.74) is 1.85. The molecule has 0 fully saturated rings. The van der Waals surface area contributed by atoms with Crippen LogP contribution in [0.1, 0.15) is 47.3 Å². The molecule has 2 aromatic carbocycles. The summed E-state index contributed by atoms with van der Waals surface area (Å²) in [6, 6.07) is 10.3. The van der Waals surface area contributed by atoms with Gasteiger partial charge in [-0.05, 0) is 49.4 Å². The fourth-order valence-electron chi connectivity index (χ4n) is 3.13. The van der Waals surface area contributed by atoms with Gasteiger partial charge in [-0.15, -0.1) is 0 Å². The number of amides is 1. The van der Waals surface area contributed by atoms with E-state index in [0.717, 1.165) is 37.0 Å². The maximum atomic E-state index is 13.6. The van der Waals surface area contributed by atoms with Gasteiger partial charge in [0.15, 0.2) is 6.10 Å². The van der Waals surface area contributed by atoms with E-state index >= 15 is 0 Å². The van der Waals surface area contributed by atoms with E-state index in [2.05, 4.69) is 5.32 Å². The van der Waals surface area contributed by atoms with Gasteiger partial charge < -0.3 is 10.1 Å². The molecule has 2 unspecified atom stereocenters. The smallest absolute Gasteiger partial charge is 0.341 e. The molecule has 1 aliphatic carbocycles. The van der Waals surface area contributed by atoms with Gasteiger partial charge in [0, 0.05) is 6.07 Å². The standard InChI is InChI=1S/C20H19F2NO3/c1-12(26-20(25)16-10-9-14(21)11-17(16)22)19(24)23-18-8-4-6-13-5-2-3-7-15(13)18/h2-3,5,7,9-12,18H,4,6,8H2,1H3,(H,23,24). The number of benzene rings is 2. The van der Waals surface area contributed by atoms with Gasteiger partial charge in [0.05, 0.1) is 11.6 Å². The van der Waals surface area contributed by atoms with Crippen molar-refractivity contribution in [2.24, 2.45) is 0 Å². The normalized spacial score (nSPS) is 17.1. The van der Waals surface area contributed by atoms with Crippen LogP contribution in [0, 0.1) is 11.6 Å². The number of carbonyl (C=O) groups excluding carboxylic acids is 2. The second-order valence-corrected chi connectivity index (χ2v) is 6.32. The highest BCUT2D eigenvalue weighted by Gasteiger charge is 2.26. The molecular weight excluding hydrogens is 340 g/mol. The summed E-state index contributed by atoms with van der Waals surface area (Å²) in [6.45, 7) is 1.42. The van der Waals surface area contributed by atoms with Crippen LogP contribution in [-0.2, 0) is 16.0 Å². The van der Waals surface area contributed by atoms with Crippen LogP contribution >= 0.6 is 0 Å². The van der Waals surface area contributed by atoms with E-state index in [0.29, 0.717) is 6.07 Å². The Hall–Kier alpha value is -2.76. The third-order valence-electron chi connectivity index (χ3n) is 4.49. The summed E-state index contributed by atoms with van der Waals surface area (Å²) in [5, 5.41) is 2.89. The zero-order chi connectivity index (χ0) is 18.7. The molecule has 0 aliphatic heterocycles. The minimum Gasteiger partial charge on any atom is -0.449 e. The Kier molecular flexibility index (Phi) is 5.30. The van der Waals surface area contributed by atoms with Crippen LogP contribution < -0.4 is 5.32 Å². The Bertz CT molecular complexity index is 838. The number of carbonyl (C=O) groups is 2. The lowest BCUT2D eigenvalue weighted by molar-refractivity contribution is -0.130. The van der Waals surface area contributed by atoms with Gasteiger partial charge in [0.2, 0.25) is 0 Å². The van der Waals surface area contributed by atoms with E-state index < -0.39 is 35.2 Å². The molecule has 4 nitrogen and oxygen atoms in total. The molecule has 136 valence electrons. The number of esters is 1. The van der Waals surface area contributed by atoms with Crippen LogP contribution in [0.3, 0.4) is 0 Å². The van der Waals surface area contributed by atoms with Crippen molar-refractivity contribution in [3.05, 3.63) is 70.8 Å². The van der Waals surface area contributed by atoms with E-state index in [1.807, 2.05) is 24.3 Å². The lowest BCUT2D eigenvalue weighted by atomic mass is 9.87. The second kappa shape index (κ2) is 7.64. The molecule has 0 spiro atoms. The van der Waals surface area contributed by atoms with Crippen molar-refractivity contribution in [2.45, 2.75) is 38.3 Å². The molecular formula is C20H19F2NO3. The molecule has 2 atom stereocenters. The van der Waals surface area contributed by atoms with E-state index in [9.17, 15) is 18.4 Å². The van der Waals surface area contributed by atoms with E-state index in [4.69, 9.17) is 4.74 Å². The maximum Gasteiger partial charge on any atom is 0.341 e. The Balaban J connectivity index is 1.64. The number of hydrogen-bond donors (Lipinski definition) is 1. The van der Waals surface area contributed by atoms with Crippen LogP contribution in [0.4, 0.5) is 8.78 Å². The van der Waals surface area contributed by atoms with Crippen LogP contribution in [0.5, 0.6) is 0 Å². The largest absolute Gasteiger partial charge is 0.449 e. The van der Waals surface area contributed by atoms with Gasteiger partial charge in [-0.3, -0.25) is 4.79 Å². The molecule has 0 bridgehead atoms. The summed E-state index contributed by atoms with van der Waals surface area (Å²) in [5.74, 6) is -3.28. The van der Waals surface area contributed by atoms with Crippen molar-refractivity contribution in [3.8, 4) is 0 Å². The summed E-state index contributed by atoms with van der Waals surface area (Å²) in [6.07, 6.45) is 1.63. The first-order chi connectivity index (χ1) is 12.5. The number of ether oxygens (including phenoxy) is 1. The summed E-state index contributed by atoms with van der Waals surface area (Å²) in [7, 11) is 0. The highest BCUT2D eigenvalue weighted by molar-refractivity contribution is 5.92. The maximum absolute atomic E-state index is 13.6. The molecule has 0 aromatic heterocycles. The van der Waals surface area contributed by atoms with Gasteiger partial charge in [0.25, 0.3) is 5.91 Å². The number of rotatable bonds is 4. The van der Waals surface area contributed by atoms with Crippen molar-refractivity contribution in [1.29, 1.82) is 0 Å². The summed E-state index contributed by atoms with van der Waals surface area (Å²) >= 11 is 0. The van der Waals surface area contributed by atoms with E-state index in [1.165, 1.54) is 12.5 Å². The molecule has 26 heavy (non-hydrogen) atoms. The van der Waals surface area contributed by atoms with Gasteiger partial charge in [-0.2, -0.15) is 0 Å². The number of hydrogen-bond acceptors (Lipinski definition) is 3. The molecule has 0 heterocycles. The van der Waals surface area contributed by atoms with Gasteiger partial charge >= 0.3 is 5.97 Å². The number of nitrogens with one attached hydrogen (secondary N) is 1. The lowest BCUT2D eigenvalue weighted by Gasteiger charge is -2.27. The van der Waals surface area contributed by atoms with Crippen LogP contribution in [0.2, 0.25) is 0 Å². The Morgan fingerprint density at radius 1 is 1.19 bits per heavy atom. The molecule has 0 radical (unpaired) electrons. The fourth-order valence-corrected chi connectivity index (χ4v) is 3.13. The SMILES string of the molecule is CC(OC(=O)c1ccc(F)cc1F)C(=O)NC1CCCc2ccccc21. The highest BCUT2D eigenvalue weighted by atomic mass is 19.1. The predicted octanol–water partition coefficient (Wildman–Crippen LogP) is 3.70. The van der Waals surface area contributed by atoms with Crippen LogP contribution in [0.25, 0.3) is 0 Å². The third kappa shape index (κ3) is 3.90. The zero-order valence-electron chi connectivity index (χ0n) is 14.3. The van der Waals surface area contributed by atoms with Crippen molar-refractivity contribution in [3.63, 3.8) is 0 Å². The molecule has 2 aromatic rings. The molecule has 0 saturated heterocycles. The Morgan fingerprint density at radius 3 is 2.73 bits per heavy atom. The van der Waals surface area contributed by atoms with Gasteiger partial charge in [0.1, 0.15) is 11.6 Å². The number of aryl methyl sites for hydroxylation is 1. The summed E-state index contributed by atoms with van der Waals surface area (Å²) < 4.78 is 31.6. The number of fused-ring (bicyclic) bond motifs is 1. The topological polar surface area (TPSA) is 55.4 Å². The molecule has 3 rings (SSSR count). The Morgan fingerprint density at radius 2 is 1.96 bits per heavy atom. The molecule has 6 heteroatoms. The minimum atomic E-state index is -1.10. The quantitative estimate of drug-likeness (QED) is 0.847. The first-order valence-electron chi connectivity index (χ1n) is 8.50. The van der Waals surface area contributed by atoms with Crippen LogP contribution in [-0.4, -0.2) is 18.0 Å². The third-order valence-corrected chi connectivity index (χ3v) is 4.49. The average Bonchev–Trinajstić information content (AvgIpc) is 2.61. The van der Waals surface area contributed by atoms with Crippen molar-refractivity contribution in [1.82, 2.24) is 5.32 Å². The Labute approximate surface area is 150 Å². The molecule has 1 N–H and O–H groups in total. The molecule has 1 aliphatic rings.